The van der Waals surface area contributed by atoms with Crippen molar-refractivity contribution in [1.29, 1.82) is 0 Å². The fraction of sp³-hybridized carbons (Fsp3) is 0. The van der Waals surface area contributed by atoms with Gasteiger partial charge in [-0.2, -0.15) is 0 Å². The lowest BCUT2D eigenvalue weighted by Crippen LogP contribution is -2.07. The highest BCUT2D eigenvalue weighted by molar-refractivity contribution is 9.10. The van der Waals surface area contributed by atoms with Crippen LogP contribution in [0.4, 0.5) is 0 Å². The first-order valence-corrected chi connectivity index (χ1v) is 8.76. The van der Waals surface area contributed by atoms with E-state index in [2.05, 4.69) is 15.9 Å². The van der Waals surface area contributed by atoms with Crippen molar-refractivity contribution >= 4 is 33.8 Å². The Balaban J connectivity index is 1.63. The summed E-state index contributed by atoms with van der Waals surface area (Å²) in [6, 6.07) is 23.0. The van der Waals surface area contributed by atoms with E-state index < -0.39 is 5.97 Å². The number of halogens is 1. The van der Waals surface area contributed by atoms with Crippen molar-refractivity contribution in [2.24, 2.45) is 0 Å². The third-order valence-corrected chi connectivity index (χ3v) is 4.18. The number of carbonyl (C=O) groups is 2. The number of hydrogen-bond acceptors (Lipinski definition) is 3. The van der Waals surface area contributed by atoms with Gasteiger partial charge in [0.15, 0.2) is 5.78 Å². The Hall–Kier alpha value is -2.98. The first-order valence-electron chi connectivity index (χ1n) is 7.97. The van der Waals surface area contributed by atoms with Crippen molar-refractivity contribution in [3.8, 4) is 5.75 Å². The molecule has 0 amide bonds. The van der Waals surface area contributed by atoms with Gasteiger partial charge in [0.2, 0.25) is 0 Å². The molecule has 0 heterocycles. The van der Waals surface area contributed by atoms with Crippen LogP contribution in [0.3, 0.4) is 0 Å². The monoisotopic (exact) mass is 406 g/mol. The Labute approximate surface area is 160 Å². The van der Waals surface area contributed by atoms with E-state index in [-0.39, 0.29) is 5.78 Å². The maximum atomic E-state index is 12.1. The molecule has 0 atom stereocenters. The molecular weight excluding hydrogens is 392 g/mol. The summed E-state index contributed by atoms with van der Waals surface area (Å²) in [5.41, 5.74) is 1.96. The molecule has 0 aliphatic heterocycles. The number of rotatable bonds is 5. The summed E-state index contributed by atoms with van der Waals surface area (Å²) in [5, 5.41) is 0. The molecule has 3 nitrogen and oxygen atoms in total. The van der Waals surface area contributed by atoms with Crippen LogP contribution in [0.2, 0.25) is 0 Å². The zero-order valence-corrected chi connectivity index (χ0v) is 15.3. The second kappa shape index (κ2) is 8.41. The largest absolute Gasteiger partial charge is 0.423 e. The fourth-order valence-corrected chi connectivity index (χ4v) is 2.53. The third kappa shape index (κ3) is 4.77. The minimum absolute atomic E-state index is 0.0721. The molecule has 0 N–H and O–H groups in total. The SMILES string of the molecule is O=C(/C=C/c1ccc(OC(=O)c2ccccc2)cc1)c1ccc(Br)cc1. The van der Waals surface area contributed by atoms with Crippen molar-refractivity contribution in [1.82, 2.24) is 0 Å². The van der Waals surface area contributed by atoms with Crippen molar-refractivity contribution in [2.75, 3.05) is 0 Å². The lowest BCUT2D eigenvalue weighted by Gasteiger charge is -2.04. The van der Waals surface area contributed by atoms with Crippen LogP contribution in [0.1, 0.15) is 26.3 Å². The van der Waals surface area contributed by atoms with Gasteiger partial charge >= 0.3 is 5.97 Å². The van der Waals surface area contributed by atoms with Gasteiger partial charge in [0.1, 0.15) is 5.75 Å². The van der Waals surface area contributed by atoms with Crippen molar-refractivity contribution in [3.63, 3.8) is 0 Å². The highest BCUT2D eigenvalue weighted by Crippen LogP contribution is 2.16. The molecule has 0 bridgehead atoms. The smallest absolute Gasteiger partial charge is 0.343 e. The molecule has 128 valence electrons. The molecular formula is C22H15BrO3. The Morgan fingerprint density at radius 1 is 0.769 bits per heavy atom. The number of carbonyl (C=O) groups excluding carboxylic acids is 2. The first-order chi connectivity index (χ1) is 12.6. The summed E-state index contributed by atoms with van der Waals surface area (Å²) in [6.07, 6.45) is 3.25. The summed E-state index contributed by atoms with van der Waals surface area (Å²) in [6.45, 7) is 0. The second-order valence-corrected chi connectivity index (χ2v) is 6.44. The van der Waals surface area contributed by atoms with Gasteiger partial charge in [-0.3, -0.25) is 4.79 Å². The highest BCUT2D eigenvalue weighted by atomic mass is 79.9. The summed E-state index contributed by atoms with van der Waals surface area (Å²) in [7, 11) is 0. The second-order valence-electron chi connectivity index (χ2n) is 5.53. The normalized spacial score (nSPS) is 10.7. The van der Waals surface area contributed by atoms with E-state index in [0.29, 0.717) is 16.9 Å². The molecule has 26 heavy (non-hydrogen) atoms. The Morgan fingerprint density at radius 3 is 2.08 bits per heavy atom. The zero-order valence-electron chi connectivity index (χ0n) is 13.8. The molecule has 3 aromatic carbocycles. The van der Waals surface area contributed by atoms with Gasteiger partial charge < -0.3 is 4.74 Å². The predicted molar refractivity (Wildman–Crippen MR) is 105 cm³/mol. The Kier molecular flexibility index (Phi) is 5.77. The number of esters is 1. The molecule has 0 spiro atoms. The molecule has 3 aromatic rings. The van der Waals surface area contributed by atoms with Crippen LogP contribution < -0.4 is 4.74 Å². The van der Waals surface area contributed by atoms with E-state index in [4.69, 9.17) is 4.74 Å². The predicted octanol–water partition coefficient (Wildman–Crippen LogP) is 5.56. The lowest BCUT2D eigenvalue weighted by atomic mass is 10.1. The van der Waals surface area contributed by atoms with E-state index in [1.54, 1.807) is 66.7 Å². The van der Waals surface area contributed by atoms with Gasteiger partial charge in [0, 0.05) is 10.0 Å². The molecule has 0 aromatic heterocycles. The van der Waals surface area contributed by atoms with Gasteiger partial charge in [0.25, 0.3) is 0 Å². The van der Waals surface area contributed by atoms with Crippen LogP contribution in [0, 0.1) is 0 Å². The minimum Gasteiger partial charge on any atom is -0.423 e. The third-order valence-electron chi connectivity index (χ3n) is 3.66. The maximum absolute atomic E-state index is 12.1. The van der Waals surface area contributed by atoms with Crippen LogP contribution in [0.5, 0.6) is 5.75 Å². The van der Waals surface area contributed by atoms with E-state index in [0.717, 1.165) is 10.0 Å². The molecule has 0 saturated heterocycles. The zero-order chi connectivity index (χ0) is 18.4. The van der Waals surface area contributed by atoms with Crippen LogP contribution in [0.15, 0.2) is 89.4 Å². The lowest BCUT2D eigenvalue weighted by molar-refractivity contribution is 0.0734. The van der Waals surface area contributed by atoms with Crippen LogP contribution in [0.25, 0.3) is 6.08 Å². The summed E-state index contributed by atoms with van der Waals surface area (Å²) in [4.78, 5) is 24.1. The van der Waals surface area contributed by atoms with Gasteiger partial charge in [0.05, 0.1) is 5.56 Å². The van der Waals surface area contributed by atoms with Crippen molar-refractivity contribution in [3.05, 3.63) is 106 Å². The fourth-order valence-electron chi connectivity index (χ4n) is 2.27. The van der Waals surface area contributed by atoms with Gasteiger partial charge in [-0.05, 0) is 60.2 Å². The van der Waals surface area contributed by atoms with Crippen molar-refractivity contribution in [2.45, 2.75) is 0 Å². The molecule has 3 rings (SSSR count). The minimum atomic E-state index is -0.403. The van der Waals surface area contributed by atoms with Crippen molar-refractivity contribution < 1.29 is 14.3 Å². The van der Waals surface area contributed by atoms with E-state index in [1.807, 2.05) is 18.2 Å². The number of hydrogen-bond donors (Lipinski definition) is 0. The van der Waals surface area contributed by atoms with E-state index in [9.17, 15) is 9.59 Å². The van der Waals surface area contributed by atoms with Gasteiger partial charge in [-0.1, -0.05) is 52.3 Å². The van der Waals surface area contributed by atoms with Gasteiger partial charge in [-0.25, -0.2) is 4.79 Å². The molecule has 0 aliphatic carbocycles. The molecule has 0 unspecified atom stereocenters. The van der Waals surface area contributed by atoms with Crippen LogP contribution in [-0.4, -0.2) is 11.8 Å². The van der Waals surface area contributed by atoms with E-state index in [1.165, 1.54) is 6.08 Å². The maximum Gasteiger partial charge on any atom is 0.343 e. The summed E-state index contributed by atoms with van der Waals surface area (Å²) < 4.78 is 6.26. The molecule has 4 heteroatoms. The van der Waals surface area contributed by atoms with Crippen LogP contribution >= 0.6 is 15.9 Å². The standard InChI is InChI=1S/C22H15BrO3/c23-19-11-9-17(10-12-19)21(24)15-8-16-6-13-20(14-7-16)26-22(25)18-4-2-1-3-5-18/h1-15H/b15-8+. The van der Waals surface area contributed by atoms with E-state index >= 15 is 0 Å². The number of ketones is 1. The topological polar surface area (TPSA) is 43.4 Å². The first kappa shape index (κ1) is 17.8. The number of allylic oxidation sites excluding steroid dienone is 1. The number of ether oxygens (including phenoxy) is 1. The number of benzene rings is 3. The van der Waals surface area contributed by atoms with Crippen LogP contribution in [-0.2, 0) is 0 Å². The summed E-state index contributed by atoms with van der Waals surface area (Å²) in [5.74, 6) is -0.0216. The Bertz CT molecular complexity index is 927. The molecule has 0 saturated carbocycles. The molecule has 0 radical (unpaired) electrons. The molecule has 0 fully saturated rings. The average Bonchev–Trinajstić information content (AvgIpc) is 2.68. The average molecular weight is 407 g/mol. The Morgan fingerprint density at radius 2 is 1.42 bits per heavy atom. The van der Waals surface area contributed by atoms with Gasteiger partial charge in [-0.15, -0.1) is 0 Å². The highest BCUT2D eigenvalue weighted by Gasteiger charge is 2.07. The quantitative estimate of drug-likeness (QED) is 0.241. The summed E-state index contributed by atoms with van der Waals surface area (Å²) >= 11 is 3.34. The molecule has 0 aliphatic rings.